The Hall–Kier alpha value is -3.18. The van der Waals surface area contributed by atoms with Gasteiger partial charge in [-0.3, -0.25) is 4.79 Å². The van der Waals surface area contributed by atoms with E-state index < -0.39 is 10.0 Å². The van der Waals surface area contributed by atoms with Crippen LogP contribution in [0.1, 0.15) is 28.8 Å². The monoisotopic (exact) mass is 396 g/mol. The Labute approximate surface area is 164 Å². The van der Waals surface area contributed by atoms with E-state index in [-0.39, 0.29) is 17.2 Å². The minimum atomic E-state index is -3.78. The molecule has 0 spiro atoms. The maximum Gasteiger partial charge on any atom is 0.283 e. The molecule has 0 atom stereocenters. The Kier molecular flexibility index (Phi) is 5.76. The number of hydrogen-bond donors (Lipinski definition) is 1. The molecule has 28 heavy (non-hydrogen) atoms. The zero-order chi connectivity index (χ0) is 20.1. The molecule has 0 unspecified atom stereocenters. The highest BCUT2D eigenvalue weighted by molar-refractivity contribution is 7.90. The van der Waals surface area contributed by atoms with Crippen molar-refractivity contribution in [3.8, 4) is 6.07 Å². The van der Waals surface area contributed by atoms with Crippen LogP contribution < -0.4 is 5.32 Å². The van der Waals surface area contributed by atoms with Gasteiger partial charge in [-0.05, 0) is 48.4 Å². The highest BCUT2D eigenvalue weighted by Crippen LogP contribution is 2.19. The van der Waals surface area contributed by atoms with E-state index in [9.17, 15) is 13.2 Å². The number of nitrogens with zero attached hydrogens (tertiary/aromatic N) is 3. The number of nitrogens with one attached hydrogen (secondary N) is 1. The van der Waals surface area contributed by atoms with E-state index in [2.05, 4.69) is 9.71 Å². The Morgan fingerprint density at radius 2 is 2.00 bits per heavy atom. The predicted molar refractivity (Wildman–Crippen MR) is 107 cm³/mol. The van der Waals surface area contributed by atoms with E-state index in [0.717, 1.165) is 18.5 Å². The van der Waals surface area contributed by atoms with Gasteiger partial charge in [-0.2, -0.15) is 13.7 Å². The molecule has 0 aromatic heterocycles. The molecule has 1 saturated heterocycles. The van der Waals surface area contributed by atoms with Gasteiger partial charge in [0.1, 0.15) is 5.84 Å². The molecule has 1 aliphatic rings. The van der Waals surface area contributed by atoms with Crippen LogP contribution in [-0.4, -0.2) is 38.7 Å². The summed E-state index contributed by atoms with van der Waals surface area (Å²) in [6.07, 6.45) is 1.77. The summed E-state index contributed by atoms with van der Waals surface area (Å²) in [6, 6.07) is 14.8. The van der Waals surface area contributed by atoms with E-state index in [0.29, 0.717) is 23.5 Å². The highest BCUT2D eigenvalue weighted by atomic mass is 32.2. The number of carbonyl (C=O) groups is 1. The molecule has 1 N–H and O–H groups in total. The van der Waals surface area contributed by atoms with Crippen LogP contribution in [0.25, 0.3) is 0 Å². The molecule has 1 aliphatic heterocycles. The molecule has 2 aromatic carbocycles. The summed E-state index contributed by atoms with van der Waals surface area (Å²) < 4.78 is 28.8. The van der Waals surface area contributed by atoms with Crippen LogP contribution >= 0.6 is 0 Å². The lowest BCUT2D eigenvalue weighted by atomic mass is 10.1. The van der Waals surface area contributed by atoms with Gasteiger partial charge in [0.05, 0.1) is 17.4 Å². The summed E-state index contributed by atoms with van der Waals surface area (Å²) in [5.74, 6) is 0.234. The smallest absolute Gasteiger partial charge is 0.283 e. The number of rotatable bonds is 5. The largest absolute Gasteiger partial charge is 0.362 e. The van der Waals surface area contributed by atoms with E-state index >= 15 is 0 Å². The first kappa shape index (κ1) is 19.6. The lowest BCUT2D eigenvalue weighted by Crippen LogP contribution is -2.20. The first-order valence-electron chi connectivity index (χ1n) is 8.81. The number of nitriles is 1. The van der Waals surface area contributed by atoms with Crippen molar-refractivity contribution >= 4 is 27.5 Å². The third kappa shape index (κ3) is 4.56. The first-order chi connectivity index (χ1) is 13.4. The number of sulfonamides is 1. The number of amidine groups is 1. The van der Waals surface area contributed by atoms with Gasteiger partial charge in [0.15, 0.2) is 0 Å². The number of amides is 1. The summed E-state index contributed by atoms with van der Waals surface area (Å²) in [5, 5.41) is 11.5. The summed E-state index contributed by atoms with van der Waals surface area (Å²) in [6.45, 7) is 0.800. The number of benzene rings is 2. The predicted octanol–water partition coefficient (Wildman–Crippen LogP) is 2.82. The van der Waals surface area contributed by atoms with Crippen LogP contribution in [0.2, 0.25) is 0 Å². The molecule has 1 fully saturated rings. The molecule has 0 radical (unpaired) electrons. The molecular weight excluding hydrogens is 376 g/mol. The van der Waals surface area contributed by atoms with Crippen molar-refractivity contribution in [2.24, 2.45) is 4.40 Å². The standard InChI is InChI=1S/C20H20N4O3S/c1-24-13-3-6-19(24)23-28(26,27)18-9-7-17(8-10-18)22-20(25)16-5-2-4-15(14-16)11-12-21/h2,4-5,7-10,14H,3,6,11,13H2,1H3,(H,22,25). The number of likely N-dealkylation sites (tertiary alicyclic amines) is 1. The summed E-state index contributed by atoms with van der Waals surface area (Å²) >= 11 is 0. The fraction of sp³-hybridized carbons (Fsp3) is 0.250. The molecule has 144 valence electrons. The number of hydrogen-bond acceptors (Lipinski definition) is 4. The quantitative estimate of drug-likeness (QED) is 0.837. The van der Waals surface area contributed by atoms with E-state index in [1.54, 1.807) is 24.3 Å². The van der Waals surface area contributed by atoms with Crippen molar-refractivity contribution in [1.82, 2.24) is 4.90 Å². The zero-order valence-corrected chi connectivity index (χ0v) is 16.2. The van der Waals surface area contributed by atoms with Crippen molar-refractivity contribution < 1.29 is 13.2 Å². The Bertz CT molecular complexity index is 1050. The maximum absolute atomic E-state index is 12.5. The van der Waals surface area contributed by atoms with Crippen LogP contribution in [0.4, 0.5) is 5.69 Å². The molecule has 0 bridgehead atoms. The third-order valence-electron chi connectivity index (χ3n) is 4.44. The van der Waals surface area contributed by atoms with E-state index in [4.69, 9.17) is 5.26 Å². The molecule has 1 amide bonds. The second-order valence-electron chi connectivity index (χ2n) is 6.52. The topological polar surface area (TPSA) is 103 Å². The molecule has 0 aliphatic carbocycles. The summed E-state index contributed by atoms with van der Waals surface area (Å²) in [5.41, 5.74) is 1.66. The van der Waals surface area contributed by atoms with Crippen molar-refractivity contribution in [3.63, 3.8) is 0 Å². The minimum Gasteiger partial charge on any atom is -0.362 e. The van der Waals surface area contributed by atoms with E-state index in [1.165, 1.54) is 24.3 Å². The van der Waals surface area contributed by atoms with Gasteiger partial charge in [-0.1, -0.05) is 12.1 Å². The lowest BCUT2D eigenvalue weighted by Gasteiger charge is -2.11. The van der Waals surface area contributed by atoms with Gasteiger partial charge in [-0.25, -0.2) is 0 Å². The van der Waals surface area contributed by atoms with Gasteiger partial charge in [0.2, 0.25) is 0 Å². The van der Waals surface area contributed by atoms with Crippen LogP contribution in [0.5, 0.6) is 0 Å². The minimum absolute atomic E-state index is 0.0781. The average Bonchev–Trinajstić information content (AvgIpc) is 3.06. The van der Waals surface area contributed by atoms with Crippen LogP contribution in [0, 0.1) is 11.3 Å². The molecule has 7 nitrogen and oxygen atoms in total. The second-order valence-corrected chi connectivity index (χ2v) is 8.13. The van der Waals surface area contributed by atoms with Gasteiger partial charge < -0.3 is 10.2 Å². The van der Waals surface area contributed by atoms with Crippen LogP contribution in [-0.2, 0) is 16.4 Å². The summed E-state index contributed by atoms with van der Waals surface area (Å²) in [7, 11) is -1.96. The highest BCUT2D eigenvalue weighted by Gasteiger charge is 2.20. The SMILES string of the molecule is CN1CCCC1=NS(=O)(=O)c1ccc(NC(=O)c2cccc(CC#N)c2)cc1. The van der Waals surface area contributed by atoms with Crippen molar-refractivity contribution in [3.05, 3.63) is 59.7 Å². The van der Waals surface area contributed by atoms with E-state index in [1.807, 2.05) is 18.0 Å². The van der Waals surface area contributed by atoms with Crippen molar-refractivity contribution in [1.29, 1.82) is 5.26 Å². The molecule has 1 heterocycles. The van der Waals surface area contributed by atoms with Gasteiger partial charge >= 0.3 is 0 Å². The van der Waals surface area contributed by atoms with Gasteiger partial charge in [-0.15, -0.1) is 4.40 Å². The fourth-order valence-electron chi connectivity index (χ4n) is 2.93. The maximum atomic E-state index is 12.5. The molecule has 2 aromatic rings. The third-order valence-corrected chi connectivity index (χ3v) is 5.76. The molecule has 8 heteroatoms. The second kappa shape index (κ2) is 8.23. The van der Waals surface area contributed by atoms with Crippen molar-refractivity contribution in [2.45, 2.75) is 24.2 Å². The zero-order valence-electron chi connectivity index (χ0n) is 15.4. The molecule has 3 rings (SSSR count). The lowest BCUT2D eigenvalue weighted by molar-refractivity contribution is 0.102. The normalized spacial score (nSPS) is 15.4. The Morgan fingerprint density at radius 1 is 1.25 bits per heavy atom. The van der Waals surface area contributed by atoms with Gasteiger partial charge in [0, 0.05) is 31.3 Å². The van der Waals surface area contributed by atoms with Crippen LogP contribution in [0.3, 0.4) is 0 Å². The Morgan fingerprint density at radius 3 is 2.64 bits per heavy atom. The first-order valence-corrected chi connectivity index (χ1v) is 10.3. The Balaban J connectivity index is 1.73. The van der Waals surface area contributed by atoms with Crippen molar-refractivity contribution in [2.75, 3.05) is 18.9 Å². The summed E-state index contributed by atoms with van der Waals surface area (Å²) in [4.78, 5) is 14.3. The number of anilines is 1. The fourth-order valence-corrected chi connectivity index (χ4v) is 4.02. The number of carbonyl (C=O) groups excluding carboxylic acids is 1. The van der Waals surface area contributed by atoms with Crippen LogP contribution in [0.15, 0.2) is 57.8 Å². The average molecular weight is 396 g/mol. The molecular formula is C20H20N4O3S. The van der Waals surface area contributed by atoms with Gasteiger partial charge in [0.25, 0.3) is 15.9 Å². The molecule has 0 saturated carbocycles.